The van der Waals surface area contributed by atoms with E-state index < -0.39 is 9.84 Å². The molecule has 0 aliphatic carbocycles. The van der Waals surface area contributed by atoms with Crippen molar-refractivity contribution in [2.24, 2.45) is 5.92 Å². The molecule has 0 atom stereocenters. The summed E-state index contributed by atoms with van der Waals surface area (Å²) < 4.78 is 28.2. The van der Waals surface area contributed by atoms with Gasteiger partial charge in [-0.3, -0.25) is 0 Å². The van der Waals surface area contributed by atoms with Crippen molar-refractivity contribution in [3.05, 3.63) is 12.4 Å². The minimum absolute atomic E-state index is 0.298. The standard InChI is InChI=1S/C13H21N3O3S/c1-10(2)4-5-19-11-6-14-13(15-7-11)16-8-12(9-16)20(3,17)18/h6-7,10,12H,4-5,8-9H2,1-3H3. The summed E-state index contributed by atoms with van der Waals surface area (Å²) in [4.78, 5) is 10.3. The lowest BCUT2D eigenvalue weighted by Gasteiger charge is -2.37. The van der Waals surface area contributed by atoms with Crippen LogP contribution in [0.3, 0.4) is 0 Å². The second kappa shape index (κ2) is 5.95. The molecule has 1 aliphatic heterocycles. The van der Waals surface area contributed by atoms with Crippen LogP contribution in [-0.4, -0.2) is 49.6 Å². The third-order valence-corrected chi connectivity index (χ3v) is 4.82. The summed E-state index contributed by atoms with van der Waals surface area (Å²) in [5.41, 5.74) is 0. The SMILES string of the molecule is CC(C)CCOc1cnc(N2CC(S(C)(=O)=O)C2)nc1. The van der Waals surface area contributed by atoms with E-state index in [0.717, 1.165) is 6.42 Å². The monoisotopic (exact) mass is 299 g/mol. The van der Waals surface area contributed by atoms with Crippen LogP contribution in [-0.2, 0) is 9.84 Å². The lowest BCUT2D eigenvalue weighted by atomic mass is 10.1. The minimum atomic E-state index is -2.96. The summed E-state index contributed by atoms with van der Waals surface area (Å²) in [7, 11) is -2.96. The molecule has 0 amide bonds. The summed E-state index contributed by atoms with van der Waals surface area (Å²) >= 11 is 0. The highest BCUT2D eigenvalue weighted by Crippen LogP contribution is 2.21. The molecule has 112 valence electrons. The molecule has 1 aromatic rings. The first kappa shape index (κ1) is 15.0. The molecular formula is C13H21N3O3S. The molecule has 0 spiro atoms. The Morgan fingerprint density at radius 1 is 1.35 bits per heavy atom. The molecule has 1 aliphatic rings. The maximum Gasteiger partial charge on any atom is 0.225 e. The van der Waals surface area contributed by atoms with Crippen LogP contribution in [0.25, 0.3) is 0 Å². The van der Waals surface area contributed by atoms with Gasteiger partial charge in [-0.1, -0.05) is 13.8 Å². The van der Waals surface area contributed by atoms with Crippen molar-refractivity contribution >= 4 is 15.8 Å². The highest BCUT2D eigenvalue weighted by Gasteiger charge is 2.35. The molecule has 1 aromatic heterocycles. The van der Waals surface area contributed by atoms with E-state index in [4.69, 9.17) is 4.74 Å². The first-order valence-electron chi connectivity index (χ1n) is 6.75. The number of anilines is 1. The minimum Gasteiger partial charge on any atom is -0.490 e. The molecule has 0 radical (unpaired) electrons. The van der Waals surface area contributed by atoms with Gasteiger partial charge in [-0.25, -0.2) is 18.4 Å². The normalized spacial score (nSPS) is 16.3. The Bertz CT molecular complexity index is 536. The van der Waals surface area contributed by atoms with Gasteiger partial charge in [0.1, 0.15) is 0 Å². The Hall–Kier alpha value is -1.37. The lowest BCUT2D eigenvalue weighted by Crippen LogP contribution is -2.55. The molecule has 1 saturated heterocycles. The quantitative estimate of drug-likeness (QED) is 0.784. The predicted octanol–water partition coefficient (Wildman–Crippen LogP) is 1.13. The van der Waals surface area contributed by atoms with E-state index in [9.17, 15) is 8.42 Å². The highest BCUT2D eigenvalue weighted by molar-refractivity contribution is 7.91. The lowest BCUT2D eigenvalue weighted by molar-refractivity contribution is 0.287. The van der Waals surface area contributed by atoms with Crippen molar-refractivity contribution < 1.29 is 13.2 Å². The number of hydrogen-bond acceptors (Lipinski definition) is 6. The molecule has 1 fully saturated rings. The van der Waals surface area contributed by atoms with Crippen molar-refractivity contribution in [2.45, 2.75) is 25.5 Å². The van der Waals surface area contributed by atoms with E-state index in [0.29, 0.717) is 37.3 Å². The van der Waals surface area contributed by atoms with Crippen LogP contribution in [0.2, 0.25) is 0 Å². The van der Waals surface area contributed by atoms with Crippen molar-refractivity contribution in [3.63, 3.8) is 0 Å². The zero-order valence-electron chi connectivity index (χ0n) is 12.1. The van der Waals surface area contributed by atoms with E-state index in [1.807, 2.05) is 4.90 Å². The van der Waals surface area contributed by atoms with Gasteiger partial charge in [-0.15, -0.1) is 0 Å². The maximum absolute atomic E-state index is 11.3. The molecule has 0 unspecified atom stereocenters. The smallest absolute Gasteiger partial charge is 0.225 e. The molecule has 0 saturated carbocycles. The van der Waals surface area contributed by atoms with Gasteiger partial charge in [0.15, 0.2) is 15.6 Å². The van der Waals surface area contributed by atoms with Crippen molar-refractivity contribution in [1.82, 2.24) is 9.97 Å². The van der Waals surface area contributed by atoms with Gasteiger partial charge in [0.25, 0.3) is 0 Å². The fourth-order valence-electron chi connectivity index (χ4n) is 1.83. The third-order valence-electron chi connectivity index (χ3n) is 3.31. The van der Waals surface area contributed by atoms with Gasteiger partial charge in [0, 0.05) is 19.3 Å². The van der Waals surface area contributed by atoms with Crippen molar-refractivity contribution in [3.8, 4) is 5.75 Å². The Morgan fingerprint density at radius 3 is 2.45 bits per heavy atom. The zero-order chi connectivity index (χ0) is 14.8. The van der Waals surface area contributed by atoms with Gasteiger partial charge >= 0.3 is 0 Å². The van der Waals surface area contributed by atoms with Crippen LogP contribution in [0, 0.1) is 5.92 Å². The molecule has 6 nitrogen and oxygen atoms in total. The average Bonchev–Trinajstić information content (AvgIpc) is 2.27. The molecule has 0 bridgehead atoms. The maximum atomic E-state index is 11.3. The van der Waals surface area contributed by atoms with Gasteiger partial charge in [0.2, 0.25) is 5.95 Å². The van der Waals surface area contributed by atoms with Crippen molar-refractivity contribution in [1.29, 1.82) is 0 Å². The van der Waals surface area contributed by atoms with Gasteiger partial charge in [-0.2, -0.15) is 0 Å². The topological polar surface area (TPSA) is 72.4 Å². The van der Waals surface area contributed by atoms with Gasteiger partial charge in [-0.05, 0) is 12.3 Å². The molecule has 0 N–H and O–H groups in total. The first-order chi connectivity index (χ1) is 9.36. The Morgan fingerprint density at radius 2 is 1.95 bits per heavy atom. The van der Waals surface area contributed by atoms with E-state index in [1.165, 1.54) is 6.26 Å². The van der Waals surface area contributed by atoms with Gasteiger partial charge < -0.3 is 9.64 Å². The number of rotatable bonds is 6. The molecule has 0 aromatic carbocycles. The second-order valence-corrected chi connectivity index (χ2v) is 7.93. The summed E-state index contributed by atoms with van der Waals surface area (Å²) in [5.74, 6) is 1.81. The molecule has 2 heterocycles. The summed E-state index contributed by atoms with van der Waals surface area (Å²) in [5, 5.41) is -0.298. The number of sulfone groups is 1. The fourth-order valence-corrected chi connectivity index (χ4v) is 2.73. The predicted molar refractivity (Wildman–Crippen MR) is 77.8 cm³/mol. The average molecular weight is 299 g/mol. The summed E-state index contributed by atoms with van der Waals surface area (Å²) in [6, 6.07) is 0. The number of aromatic nitrogens is 2. The first-order valence-corrected chi connectivity index (χ1v) is 8.70. The van der Waals surface area contributed by atoms with Crippen molar-refractivity contribution in [2.75, 3.05) is 30.9 Å². The molecular weight excluding hydrogens is 278 g/mol. The molecule has 20 heavy (non-hydrogen) atoms. The Balaban J connectivity index is 1.84. The third kappa shape index (κ3) is 3.82. The Labute approximate surface area is 120 Å². The largest absolute Gasteiger partial charge is 0.490 e. The van der Waals surface area contributed by atoms with Crippen LogP contribution in [0.4, 0.5) is 5.95 Å². The fraction of sp³-hybridized carbons (Fsp3) is 0.692. The molecule has 7 heteroatoms. The number of hydrogen-bond donors (Lipinski definition) is 0. The van der Waals surface area contributed by atoms with Crippen LogP contribution < -0.4 is 9.64 Å². The number of nitrogens with zero attached hydrogens (tertiary/aromatic N) is 3. The van der Waals surface area contributed by atoms with E-state index >= 15 is 0 Å². The van der Waals surface area contributed by atoms with Crippen LogP contribution >= 0.6 is 0 Å². The van der Waals surface area contributed by atoms with Crippen LogP contribution in [0.1, 0.15) is 20.3 Å². The van der Waals surface area contributed by atoms with Gasteiger partial charge in [0.05, 0.1) is 24.3 Å². The van der Waals surface area contributed by atoms with E-state index in [1.54, 1.807) is 12.4 Å². The Kier molecular flexibility index (Phi) is 4.47. The molecule has 2 rings (SSSR count). The van der Waals surface area contributed by atoms with Crippen LogP contribution in [0.5, 0.6) is 5.75 Å². The highest BCUT2D eigenvalue weighted by atomic mass is 32.2. The zero-order valence-corrected chi connectivity index (χ0v) is 12.9. The van der Waals surface area contributed by atoms with E-state index in [-0.39, 0.29) is 5.25 Å². The van der Waals surface area contributed by atoms with E-state index in [2.05, 4.69) is 23.8 Å². The summed E-state index contributed by atoms with van der Waals surface area (Å²) in [6.07, 6.45) is 5.53. The summed E-state index contributed by atoms with van der Waals surface area (Å²) in [6.45, 7) is 5.87. The second-order valence-electron chi connectivity index (χ2n) is 5.61. The van der Waals surface area contributed by atoms with Crippen LogP contribution in [0.15, 0.2) is 12.4 Å². The number of ether oxygens (including phenoxy) is 1.